The van der Waals surface area contributed by atoms with Gasteiger partial charge in [-0.3, -0.25) is 4.99 Å². The first-order valence-electron chi connectivity index (χ1n) is 8.89. The summed E-state index contributed by atoms with van der Waals surface area (Å²) in [6.45, 7) is 5.31. The van der Waals surface area contributed by atoms with Gasteiger partial charge in [0.25, 0.3) is 0 Å². The van der Waals surface area contributed by atoms with Crippen LogP contribution in [-0.4, -0.2) is 30.5 Å². The van der Waals surface area contributed by atoms with Gasteiger partial charge in [0, 0.05) is 13.1 Å². The molecule has 0 aliphatic carbocycles. The quantitative estimate of drug-likeness (QED) is 0.498. The molecule has 1 aliphatic rings. The third kappa shape index (κ3) is 10.9. The first kappa shape index (κ1) is 20.6. The Bertz CT molecular complexity index is 256. The van der Waals surface area contributed by atoms with Crippen LogP contribution in [-0.2, 0) is 0 Å². The van der Waals surface area contributed by atoms with Gasteiger partial charge in [-0.25, -0.2) is 0 Å². The number of unbranched alkanes of at least 4 members (excludes halogenated alkanes) is 11. The van der Waals surface area contributed by atoms with E-state index in [1.807, 2.05) is 0 Å². The van der Waals surface area contributed by atoms with E-state index in [2.05, 4.69) is 16.8 Å². The van der Waals surface area contributed by atoms with Crippen LogP contribution in [0.15, 0.2) is 4.99 Å². The zero-order valence-electron chi connectivity index (χ0n) is 14.0. The Morgan fingerprint density at radius 1 is 0.857 bits per heavy atom. The van der Waals surface area contributed by atoms with Crippen molar-refractivity contribution >= 4 is 18.4 Å². The lowest BCUT2D eigenvalue weighted by atomic mass is 10.1. The number of nitrogens with two attached hydrogens (primary N) is 1. The van der Waals surface area contributed by atoms with Crippen molar-refractivity contribution < 1.29 is 0 Å². The Hall–Kier alpha value is -0.440. The fourth-order valence-electron chi connectivity index (χ4n) is 2.87. The Balaban J connectivity index is 0.00000400. The van der Waals surface area contributed by atoms with Crippen LogP contribution in [0.5, 0.6) is 0 Å². The van der Waals surface area contributed by atoms with Crippen LogP contribution >= 0.6 is 12.4 Å². The molecule has 0 atom stereocenters. The summed E-state index contributed by atoms with van der Waals surface area (Å²) in [6, 6.07) is 0. The van der Waals surface area contributed by atoms with Gasteiger partial charge in [0.1, 0.15) is 0 Å². The zero-order chi connectivity index (χ0) is 14.5. The molecule has 0 saturated heterocycles. The van der Waals surface area contributed by atoms with Gasteiger partial charge >= 0.3 is 0 Å². The van der Waals surface area contributed by atoms with Crippen molar-refractivity contribution in [1.82, 2.24) is 4.90 Å². The Morgan fingerprint density at radius 3 is 1.76 bits per heavy atom. The Morgan fingerprint density at radius 2 is 1.33 bits per heavy atom. The molecule has 1 rings (SSSR count). The highest BCUT2D eigenvalue weighted by molar-refractivity contribution is 5.85. The highest BCUT2D eigenvalue weighted by Crippen LogP contribution is 2.12. The summed E-state index contributed by atoms with van der Waals surface area (Å²) in [4.78, 5) is 6.43. The van der Waals surface area contributed by atoms with Crippen molar-refractivity contribution in [3.63, 3.8) is 0 Å². The molecule has 126 valence electrons. The van der Waals surface area contributed by atoms with Gasteiger partial charge in [-0.05, 0) is 6.42 Å². The number of rotatable bonds is 13. The van der Waals surface area contributed by atoms with Gasteiger partial charge in [-0.15, -0.1) is 12.4 Å². The molecule has 0 aromatic carbocycles. The first-order valence-corrected chi connectivity index (χ1v) is 8.89. The summed E-state index contributed by atoms with van der Waals surface area (Å²) >= 11 is 0. The first-order chi connectivity index (χ1) is 9.84. The van der Waals surface area contributed by atoms with Crippen molar-refractivity contribution in [3.05, 3.63) is 0 Å². The normalized spacial score (nSPS) is 14.1. The molecule has 0 radical (unpaired) electrons. The van der Waals surface area contributed by atoms with E-state index in [1.54, 1.807) is 0 Å². The standard InChI is InChI=1S/C17H35N3.ClH/c1-2-3-4-5-6-7-8-9-10-11-12-13-15-20-16-14-19-17(20)18;/h2-16H2,1H3,(H2,18,19);1H. The summed E-state index contributed by atoms with van der Waals surface area (Å²) < 4.78 is 0. The lowest BCUT2D eigenvalue weighted by Crippen LogP contribution is -2.34. The highest BCUT2D eigenvalue weighted by atomic mass is 35.5. The molecule has 1 aliphatic heterocycles. The number of hydrogen-bond donors (Lipinski definition) is 1. The minimum atomic E-state index is 0. The maximum Gasteiger partial charge on any atom is 0.191 e. The Labute approximate surface area is 138 Å². The number of nitrogens with zero attached hydrogens (tertiary/aromatic N) is 2. The molecule has 0 fully saturated rings. The molecule has 2 N–H and O–H groups in total. The molecule has 4 heteroatoms. The molecule has 0 unspecified atom stereocenters. The van der Waals surface area contributed by atoms with Crippen molar-refractivity contribution in [2.24, 2.45) is 10.7 Å². The summed E-state index contributed by atoms with van der Waals surface area (Å²) in [6.07, 6.45) is 16.9. The molecule has 0 aromatic rings. The Kier molecular flexibility index (Phi) is 14.2. The smallest absolute Gasteiger partial charge is 0.191 e. The highest BCUT2D eigenvalue weighted by Gasteiger charge is 2.11. The second kappa shape index (κ2) is 14.5. The van der Waals surface area contributed by atoms with E-state index in [1.165, 1.54) is 77.0 Å². The third-order valence-corrected chi connectivity index (χ3v) is 4.25. The van der Waals surface area contributed by atoms with Crippen LogP contribution in [0.4, 0.5) is 0 Å². The average molecular weight is 318 g/mol. The van der Waals surface area contributed by atoms with Gasteiger partial charge in [-0.1, -0.05) is 77.6 Å². The summed E-state index contributed by atoms with van der Waals surface area (Å²) in [5.74, 6) is 0.757. The van der Waals surface area contributed by atoms with Crippen LogP contribution in [0.1, 0.15) is 84.0 Å². The van der Waals surface area contributed by atoms with Crippen molar-refractivity contribution in [2.45, 2.75) is 84.0 Å². The summed E-state index contributed by atoms with van der Waals surface area (Å²) in [5, 5.41) is 0. The van der Waals surface area contributed by atoms with Crippen LogP contribution in [0.2, 0.25) is 0 Å². The molecule has 0 aromatic heterocycles. The number of guanidine groups is 1. The zero-order valence-corrected chi connectivity index (χ0v) is 14.8. The molecule has 0 bridgehead atoms. The topological polar surface area (TPSA) is 41.6 Å². The minimum Gasteiger partial charge on any atom is -0.370 e. The van der Waals surface area contributed by atoms with Gasteiger partial charge in [0.2, 0.25) is 0 Å². The lowest BCUT2D eigenvalue weighted by Gasteiger charge is -2.16. The molecule has 0 saturated carbocycles. The fraction of sp³-hybridized carbons (Fsp3) is 0.941. The van der Waals surface area contributed by atoms with E-state index < -0.39 is 0 Å². The molecule has 0 amide bonds. The molecule has 3 nitrogen and oxygen atoms in total. The van der Waals surface area contributed by atoms with Gasteiger partial charge in [0.15, 0.2) is 5.96 Å². The molecular formula is C17H36ClN3. The number of aliphatic imine (C=N–C) groups is 1. The van der Waals surface area contributed by atoms with E-state index in [-0.39, 0.29) is 12.4 Å². The molecule has 0 spiro atoms. The largest absolute Gasteiger partial charge is 0.370 e. The monoisotopic (exact) mass is 317 g/mol. The lowest BCUT2D eigenvalue weighted by molar-refractivity contribution is 0.426. The van der Waals surface area contributed by atoms with E-state index in [0.717, 1.165) is 25.6 Å². The van der Waals surface area contributed by atoms with Crippen molar-refractivity contribution in [2.75, 3.05) is 19.6 Å². The van der Waals surface area contributed by atoms with E-state index in [9.17, 15) is 0 Å². The van der Waals surface area contributed by atoms with E-state index in [4.69, 9.17) is 5.73 Å². The number of halogens is 1. The van der Waals surface area contributed by atoms with Gasteiger partial charge < -0.3 is 10.6 Å². The third-order valence-electron chi connectivity index (χ3n) is 4.25. The maximum absolute atomic E-state index is 5.79. The predicted molar refractivity (Wildman–Crippen MR) is 96.4 cm³/mol. The van der Waals surface area contributed by atoms with Crippen LogP contribution in [0, 0.1) is 0 Å². The SMILES string of the molecule is CCCCCCCCCCCCCCN1CCN=C1N.Cl. The van der Waals surface area contributed by atoms with Crippen LogP contribution in [0.25, 0.3) is 0 Å². The minimum absolute atomic E-state index is 0. The second-order valence-corrected chi connectivity index (χ2v) is 6.12. The van der Waals surface area contributed by atoms with Crippen molar-refractivity contribution in [1.29, 1.82) is 0 Å². The molecule has 21 heavy (non-hydrogen) atoms. The molecular weight excluding hydrogens is 282 g/mol. The fourth-order valence-corrected chi connectivity index (χ4v) is 2.87. The second-order valence-electron chi connectivity index (χ2n) is 6.12. The van der Waals surface area contributed by atoms with Crippen molar-refractivity contribution in [3.8, 4) is 0 Å². The van der Waals surface area contributed by atoms with E-state index >= 15 is 0 Å². The van der Waals surface area contributed by atoms with Gasteiger partial charge in [-0.2, -0.15) is 0 Å². The summed E-state index contributed by atoms with van der Waals surface area (Å²) in [5.41, 5.74) is 5.79. The summed E-state index contributed by atoms with van der Waals surface area (Å²) in [7, 11) is 0. The predicted octanol–water partition coefficient (Wildman–Crippen LogP) is 4.74. The van der Waals surface area contributed by atoms with Crippen LogP contribution in [0.3, 0.4) is 0 Å². The van der Waals surface area contributed by atoms with Crippen LogP contribution < -0.4 is 5.73 Å². The molecule has 1 heterocycles. The maximum atomic E-state index is 5.79. The van der Waals surface area contributed by atoms with Gasteiger partial charge in [0.05, 0.1) is 6.54 Å². The average Bonchev–Trinajstić information content (AvgIpc) is 2.85. The number of hydrogen-bond acceptors (Lipinski definition) is 3. The van der Waals surface area contributed by atoms with E-state index in [0.29, 0.717) is 0 Å².